The molecule has 8 heteroatoms. The normalized spacial score (nSPS) is 23.8. The van der Waals surface area contributed by atoms with Crippen LogP contribution in [0.3, 0.4) is 0 Å². The summed E-state index contributed by atoms with van der Waals surface area (Å²) >= 11 is 0. The van der Waals surface area contributed by atoms with Crippen molar-refractivity contribution in [3.8, 4) is 11.5 Å². The maximum atomic E-state index is 12.3. The molecule has 1 amide bonds. The first-order chi connectivity index (χ1) is 11.2. The highest BCUT2D eigenvalue weighted by molar-refractivity contribution is 5.94. The Morgan fingerprint density at radius 2 is 2.04 bits per heavy atom. The van der Waals surface area contributed by atoms with Crippen molar-refractivity contribution < 1.29 is 32.2 Å². The van der Waals surface area contributed by atoms with E-state index in [1.54, 1.807) is 0 Å². The number of nitrogens with one attached hydrogen (secondary N) is 1. The highest BCUT2D eigenvalue weighted by Crippen LogP contribution is 2.32. The molecule has 1 aliphatic rings. The second-order valence-electron chi connectivity index (χ2n) is 5.84. The molecule has 1 heterocycles. The Morgan fingerprint density at radius 3 is 2.58 bits per heavy atom. The summed E-state index contributed by atoms with van der Waals surface area (Å²) in [6, 6.07) is 4.26. The van der Waals surface area contributed by atoms with E-state index in [4.69, 9.17) is 14.2 Å². The zero-order valence-electron chi connectivity index (χ0n) is 13.6. The highest BCUT2D eigenvalue weighted by Gasteiger charge is 2.35. The van der Waals surface area contributed by atoms with Crippen LogP contribution in [0.25, 0.3) is 0 Å². The van der Waals surface area contributed by atoms with Gasteiger partial charge < -0.3 is 19.5 Å². The molecule has 1 fully saturated rings. The van der Waals surface area contributed by atoms with Crippen LogP contribution in [0, 0.1) is 5.92 Å². The van der Waals surface area contributed by atoms with Crippen LogP contribution in [-0.4, -0.2) is 38.0 Å². The van der Waals surface area contributed by atoms with E-state index in [1.807, 2.05) is 13.8 Å². The fourth-order valence-electron chi connectivity index (χ4n) is 2.65. The molecule has 24 heavy (non-hydrogen) atoms. The number of rotatable bonds is 5. The van der Waals surface area contributed by atoms with Crippen LogP contribution in [0.1, 0.15) is 20.3 Å². The van der Waals surface area contributed by atoms with Crippen molar-refractivity contribution in [3.63, 3.8) is 0 Å². The summed E-state index contributed by atoms with van der Waals surface area (Å²) in [6.07, 6.45) is -4.27. The maximum absolute atomic E-state index is 12.3. The number of carbonyl (C=O) groups excluding carboxylic acids is 1. The van der Waals surface area contributed by atoms with Crippen molar-refractivity contribution in [1.29, 1.82) is 0 Å². The largest absolute Gasteiger partial charge is 0.493 e. The van der Waals surface area contributed by atoms with Crippen LogP contribution in [-0.2, 0) is 9.53 Å². The van der Waals surface area contributed by atoms with Crippen LogP contribution >= 0.6 is 0 Å². The van der Waals surface area contributed by atoms with Crippen LogP contribution < -0.4 is 14.8 Å². The molecule has 0 bridgehead atoms. The Bertz CT molecular complexity index is 591. The van der Waals surface area contributed by atoms with E-state index in [0.29, 0.717) is 5.69 Å². The third kappa shape index (κ3) is 4.77. The van der Waals surface area contributed by atoms with E-state index in [9.17, 15) is 18.0 Å². The third-order valence-electron chi connectivity index (χ3n) is 3.68. The molecule has 1 N–H and O–H groups in total. The van der Waals surface area contributed by atoms with Crippen molar-refractivity contribution in [1.82, 2.24) is 0 Å². The van der Waals surface area contributed by atoms with Gasteiger partial charge >= 0.3 is 6.18 Å². The van der Waals surface area contributed by atoms with Crippen LogP contribution in [0.4, 0.5) is 18.9 Å². The van der Waals surface area contributed by atoms with Crippen LogP contribution in [0.15, 0.2) is 18.2 Å². The van der Waals surface area contributed by atoms with Gasteiger partial charge in [-0.25, -0.2) is 0 Å². The quantitative estimate of drug-likeness (QED) is 0.887. The molecule has 0 saturated carbocycles. The van der Waals surface area contributed by atoms with Gasteiger partial charge in [0.15, 0.2) is 18.1 Å². The van der Waals surface area contributed by atoms with Gasteiger partial charge in [-0.2, -0.15) is 13.2 Å². The summed E-state index contributed by atoms with van der Waals surface area (Å²) in [6.45, 7) is 2.36. The average Bonchev–Trinajstić information content (AvgIpc) is 2.83. The topological polar surface area (TPSA) is 56.8 Å². The molecule has 134 valence electrons. The number of carbonyl (C=O) groups is 1. The van der Waals surface area contributed by atoms with Gasteiger partial charge in [-0.05, 0) is 31.4 Å². The zero-order valence-corrected chi connectivity index (χ0v) is 13.6. The minimum Gasteiger partial charge on any atom is -0.493 e. The first-order valence-corrected chi connectivity index (χ1v) is 7.53. The summed E-state index contributed by atoms with van der Waals surface area (Å²) < 4.78 is 52.2. The number of halogens is 3. The van der Waals surface area contributed by atoms with Gasteiger partial charge in [0.1, 0.15) is 6.10 Å². The number of benzene rings is 1. The minimum absolute atomic E-state index is 0.00250. The number of alkyl halides is 3. The fourth-order valence-corrected chi connectivity index (χ4v) is 2.65. The molecule has 0 aliphatic carbocycles. The lowest BCUT2D eigenvalue weighted by Gasteiger charge is -2.17. The van der Waals surface area contributed by atoms with E-state index >= 15 is 0 Å². The van der Waals surface area contributed by atoms with E-state index in [-0.39, 0.29) is 29.4 Å². The lowest BCUT2D eigenvalue weighted by atomic mass is 10.0. The molecule has 2 rings (SSSR count). The molecule has 0 radical (unpaired) electrons. The van der Waals surface area contributed by atoms with Gasteiger partial charge in [0.05, 0.1) is 13.2 Å². The summed E-state index contributed by atoms with van der Waals surface area (Å²) in [5.74, 6) is -0.212. The molecule has 1 saturated heterocycles. The standard InChI is InChI=1S/C16H20F3NO4/c1-9-6-10(2)24-14(9)15(21)20-11-4-5-12(22-3)13(7-11)23-8-16(17,18)19/h4-5,7,9-10,14H,6,8H2,1-3H3,(H,20,21)/t9-,10+,14+/m0/s1. The Balaban J connectivity index is 2.09. The molecule has 1 aliphatic heterocycles. The number of hydrogen-bond donors (Lipinski definition) is 1. The summed E-state index contributed by atoms with van der Waals surface area (Å²) in [5.41, 5.74) is 0.313. The molecular weight excluding hydrogens is 327 g/mol. The molecule has 5 nitrogen and oxygen atoms in total. The number of hydrogen-bond acceptors (Lipinski definition) is 4. The van der Waals surface area contributed by atoms with Crippen molar-refractivity contribution >= 4 is 11.6 Å². The Morgan fingerprint density at radius 1 is 1.33 bits per heavy atom. The second-order valence-corrected chi connectivity index (χ2v) is 5.84. The van der Waals surface area contributed by atoms with Gasteiger partial charge in [-0.3, -0.25) is 4.79 Å². The van der Waals surface area contributed by atoms with Crippen molar-refractivity contribution in [2.24, 2.45) is 5.92 Å². The van der Waals surface area contributed by atoms with E-state index in [1.165, 1.54) is 25.3 Å². The fraction of sp³-hybridized carbons (Fsp3) is 0.562. The second kappa shape index (κ2) is 7.29. The Labute approximate surface area is 138 Å². The van der Waals surface area contributed by atoms with Gasteiger partial charge in [-0.15, -0.1) is 0 Å². The number of methoxy groups -OCH3 is 1. The molecule has 3 atom stereocenters. The molecular formula is C16H20F3NO4. The molecule has 0 spiro atoms. The van der Waals surface area contributed by atoms with Gasteiger partial charge in [0.2, 0.25) is 0 Å². The van der Waals surface area contributed by atoms with Crippen LogP contribution in [0.5, 0.6) is 11.5 Å². The molecule has 0 aromatic heterocycles. The zero-order chi connectivity index (χ0) is 17.9. The SMILES string of the molecule is COc1ccc(NC(=O)[C@@H]2O[C@H](C)C[C@@H]2C)cc1OCC(F)(F)F. The lowest BCUT2D eigenvalue weighted by Crippen LogP contribution is -2.31. The van der Waals surface area contributed by atoms with E-state index in [0.717, 1.165) is 6.42 Å². The minimum atomic E-state index is -4.46. The highest BCUT2D eigenvalue weighted by atomic mass is 19.4. The number of ether oxygens (including phenoxy) is 3. The number of anilines is 1. The van der Waals surface area contributed by atoms with Gasteiger partial charge in [0, 0.05) is 11.8 Å². The lowest BCUT2D eigenvalue weighted by molar-refractivity contribution is -0.153. The Hall–Kier alpha value is -1.96. The third-order valence-corrected chi connectivity index (χ3v) is 3.68. The predicted molar refractivity (Wildman–Crippen MR) is 81.3 cm³/mol. The van der Waals surface area contributed by atoms with Crippen LogP contribution in [0.2, 0.25) is 0 Å². The van der Waals surface area contributed by atoms with E-state index < -0.39 is 18.9 Å². The summed E-state index contributed by atoms with van der Waals surface area (Å²) in [4.78, 5) is 12.3. The molecule has 1 aromatic carbocycles. The smallest absolute Gasteiger partial charge is 0.422 e. The molecule has 1 aromatic rings. The van der Waals surface area contributed by atoms with E-state index in [2.05, 4.69) is 5.32 Å². The Kier molecular flexibility index (Phi) is 5.58. The molecule has 0 unspecified atom stereocenters. The van der Waals surface area contributed by atoms with Crippen molar-refractivity contribution in [3.05, 3.63) is 18.2 Å². The summed E-state index contributed by atoms with van der Waals surface area (Å²) in [7, 11) is 1.32. The van der Waals surface area contributed by atoms with Crippen molar-refractivity contribution in [2.75, 3.05) is 19.0 Å². The first kappa shape index (κ1) is 18.4. The predicted octanol–water partition coefficient (Wildman–Crippen LogP) is 3.39. The number of amides is 1. The van der Waals surface area contributed by atoms with Gasteiger partial charge in [0.25, 0.3) is 5.91 Å². The monoisotopic (exact) mass is 347 g/mol. The maximum Gasteiger partial charge on any atom is 0.422 e. The first-order valence-electron chi connectivity index (χ1n) is 7.53. The van der Waals surface area contributed by atoms with Gasteiger partial charge in [-0.1, -0.05) is 6.92 Å². The van der Waals surface area contributed by atoms with Crippen molar-refractivity contribution in [2.45, 2.75) is 38.7 Å². The average molecular weight is 347 g/mol. The summed E-state index contributed by atoms with van der Waals surface area (Å²) in [5, 5.41) is 2.64.